The smallest absolute Gasteiger partial charge is 0.406 e. The van der Waals surface area contributed by atoms with Gasteiger partial charge in [-0.1, -0.05) is 0 Å². The molecule has 11 heteroatoms. The van der Waals surface area contributed by atoms with E-state index < -0.39 is 22.7 Å². The molecule has 2 rings (SSSR count). The van der Waals surface area contributed by atoms with E-state index in [4.69, 9.17) is 0 Å². The number of hydrogen-bond acceptors (Lipinski definition) is 7. The standard InChI is InChI=1S/C12H9F3N4O3S/c1-7-6-23-11(17-7)18-16-5-8-4-9(22-12(13,14)15)2-3-10(8)19(20)21/h2-6H,1H3,(H,17,18). The summed E-state index contributed by atoms with van der Waals surface area (Å²) in [7, 11) is 0. The Kier molecular flexibility index (Phi) is 4.79. The predicted octanol–water partition coefficient (Wildman–Crippen LogP) is 3.70. The number of anilines is 1. The minimum Gasteiger partial charge on any atom is -0.406 e. The molecule has 1 heterocycles. The third-order valence-electron chi connectivity index (χ3n) is 2.41. The molecule has 0 bridgehead atoms. The molecule has 0 unspecified atom stereocenters. The van der Waals surface area contributed by atoms with Gasteiger partial charge in [0.05, 0.1) is 22.4 Å². The number of thiazole rings is 1. The van der Waals surface area contributed by atoms with Crippen LogP contribution in [0.3, 0.4) is 0 Å². The highest BCUT2D eigenvalue weighted by atomic mass is 32.1. The molecule has 0 aliphatic heterocycles. The van der Waals surface area contributed by atoms with Crippen LogP contribution in [0, 0.1) is 17.0 Å². The Balaban J connectivity index is 2.22. The molecule has 0 aliphatic carbocycles. The van der Waals surface area contributed by atoms with E-state index in [0.717, 1.165) is 30.1 Å². The van der Waals surface area contributed by atoms with Gasteiger partial charge >= 0.3 is 6.36 Å². The van der Waals surface area contributed by atoms with Crippen molar-refractivity contribution in [2.45, 2.75) is 13.3 Å². The Morgan fingerprint density at radius 3 is 2.78 bits per heavy atom. The minimum absolute atomic E-state index is 0.141. The summed E-state index contributed by atoms with van der Waals surface area (Å²) in [6.07, 6.45) is -3.86. The highest BCUT2D eigenvalue weighted by Gasteiger charge is 2.31. The first-order valence-corrected chi connectivity index (χ1v) is 6.88. The van der Waals surface area contributed by atoms with Crippen LogP contribution in [0.2, 0.25) is 0 Å². The van der Waals surface area contributed by atoms with E-state index in [1.165, 1.54) is 11.3 Å². The zero-order valence-corrected chi connectivity index (χ0v) is 12.3. The summed E-state index contributed by atoms with van der Waals surface area (Å²) in [6, 6.07) is 2.65. The highest BCUT2D eigenvalue weighted by Crippen LogP contribution is 2.27. The van der Waals surface area contributed by atoms with Crippen LogP contribution >= 0.6 is 11.3 Å². The molecule has 122 valence electrons. The van der Waals surface area contributed by atoms with Gasteiger partial charge in [-0.25, -0.2) is 4.98 Å². The van der Waals surface area contributed by atoms with Crippen LogP contribution in [-0.2, 0) is 0 Å². The largest absolute Gasteiger partial charge is 0.573 e. The van der Waals surface area contributed by atoms with Crippen LogP contribution < -0.4 is 10.2 Å². The van der Waals surface area contributed by atoms with Crippen molar-refractivity contribution in [3.8, 4) is 5.75 Å². The van der Waals surface area contributed by atoms with Crippen molar-refractivity contribution in [2.75, 3.05) is 5.43 Å². The summed E-state index contributed by atoms with van der Waals surface area (Å²) in [4.78, 5) is 14.2. The van der Waals surface area contributed by atoms with Crippen molar-refractivity contribution in [3.05, 3.63) is 45.0 Å². The Hall–Kier alpha value is -2.69. The predicted molar refractivity (Wildman–Crippen MR) is 77.8 cm³/mol. The van der Waals surface area contributed by atoms with Gasteiger partial charge in [-0.05, 0) is 19.1 Å². The second kappa shape index (κ2) is 6.60. The van der Waals surface area contributed by atoms with Gasteiger partial charge < -0.3 is 4.74 Å². The van der Waals surface area contributed by atoms with E-state index in [1.54, 1.807) is 12.3 Å². The number of nitro benzene ring substituents is 1. The molecule has 0 amide bonds. The summed E-state index contributed by atoms with van der Waals surface area (Å²) in [5.74, 6) is -0.574. The zero-order valence-electron chi connectivity index (χ0n) is 11.5. The third-order valence-corrected chi connectivity index (χ3v) is 3.28. The summed E-state index contributed by atoms with van der Waals surface area (Å²) >= 11 is 1.26. The molecular formula is C12H9F3N4O3S. The molecule has 1 aromatic carbocycles. The molecular weight excluding hydrogens is 337 g/mol. The Morgan fingerprint density at radius 2 is 2.22 bits per heavy atom. The van der Waals surface area contributed by atoms with Gasteiger partial charge in [-0.2, -0.15) is 5.10 Å². The van der Waals surface area contributed by atoms with Gasteiger partial charge in [0.25, 0.3) is 5.69 Å². The number of alkyl halides is 3. The molecule has 0 fully saturated rings. The Labute approximate surface area is 131 Å². The average molecular weight is 346 g/mol. The molecule has 1 N–H and O–H groups in total. The lowest BCUT2D eigenvalue weighted by Crippen LogP contribution is -2.17. The normalized spacial score (nSPS) is 11.7. The highest BCUT2D eigenvalue weighted by molar-refractivity contribution is 7.13. The van der Waals surface area contributed by atoms with Crippen molar-refractivity contribution in [1.82, 2.24) is 4.98 Å². The van der Waals surface area contributed by atoms with Crippen molar-refractivity contribution >= 4 is 28.4 Å². The molecule has 7 nitrogen and oxygen atoms in total. The maximum absolute atomic E-state index is 12.2. The molecule has 0 atom stereocenters. The summed E-state index contributed by atoms with van der Waals surface area (Å²) in [5.41, 5.74) is 2.76. The van der Waals surface area contributed by atoms with Gasteiger partial charge in [-0.15, -0.1) is 24.5 Å². The van der Waals surface area contributed by atoms with E-state index in [9.17, 15) is 23.3 Å². The lowest BCUT2D eigenvalue weighted by Gasteiger charge is -2.09. The first kappa shape index (κ1) is 16.7. The van der Waals surface area contributed by atoms with E-state index in [2.05, 4.69) is 20.2 Å². The quantitative estimate of drug-likeness (QED) is 0.506. The summed E-state index contributed by atoms with van der Waals surface area (Å²) < 4.78 is 40.3. The maximum Gasteiger partial charge on any atom is 0.573 e. The molecule has 0 saturated carbocycles. The van der Waals surface area contributed by atoms with Gasteiger partial charge in [-0.3, -0.25) is 15.5 Å². The van der Waals surface area contributed by atoms with Crippen molar-refractivity contribution in [2.24, 2.45) is 5.10 Å². The first-order valence-electron chi connectivity index (χ1n) is 6.00. The van der Waals surface area contributed by atoms with Crippen molar-refractivity contribution in [1.29, 1.82) is 0 Å². The number of hydrogen-bond donors (Lipinski definition) is 1. The number of benzene rings is 1. The number of rotatable bonds is 5. The van der Waals surface area contributed by atoms with Crippen LogP contribution in [-0.4, -0.2) is 22.5 Å². The summed E-state index contributed by atoms with van der Waals surface area (Å²) in [6.45, 7) is 1.77. The fraction of sp³-hybridized carbons (Fsp3) is 0.167. The zero-order chi connectivity index (χ0) is 17.0. The lowest BCUT2D eigenvalue weighted by atomic mass is 10.2. The van der Waals surface area contributed by atoms with Crippen LogP contribution in [0.25, 0.3) is 0 Å². The van der Waals surface area contributed by atoms with E-state index in [0.29, 0.717) is 5.13 Å². The SMILES string of the molecule is Cc1csc(NN=Cc2cc(OC(F)(F)F)ccc2[N+](=O)[O-])n1. The monoisotopic (exact) mass is 346 g/mol. The second-order valence-electron chi connectivity index (χ2n) is 4.19. The van der Waals surface area contributed by atoms with Gasteiger partial charge in [0.1, 0.15) is 5.75 Å². The number of nitrogens with zero attached hydrogens (tertiary/aromatic N) is 3. The number of nitrogens with one attached hydrogen (secondary N) is 1. The molecule has 0 saturated heterocycles. The molecule has 0 spiro atoms. The number of aryl methyl sites for hydroxylation is 1. The molecule has 23 heavy (non-hydrogen) atoms. The molecule has 1 aromatic heterocycles. The maximum atomic E-state index is 12.2. The van der Waals surface area contributed by atoms with E-state index in [-0.39, 0.29) is 5.56 Å². The van der Waals surface area contributed by atoms with Gasteiger partial charge in [0, 0.05) is 11.4 Å². The number of ether oxygens (including phenoxy) is 1. The molecule has 0 aliphatic rings. The Bertz CT molecular complexity index is 745. The van der Waals surface area contributed by atoms with Gasteiger partial charge in [0.2, 0.25) is 5.13 Å². The minimum atomic E-state index is -4.89. The topological polar surface area (TPSA) is 89.7 Å². The number of aromatic nitrogens is 1. The third kappa shape index (κ3) is 4.92. The molecule has 2 aromatic rings. The van der Waals surface area contributed by atoms with Crippen LogP contribution in [0.5, 0.6) is 5.75 Å². The lowest BCUT2D eigenvalue weighted by molar-refractivity contribution is -0.385. The van der Waals surface area contributed by atoms with Crippen LogP contribution in [0.1, 0.15) is 11.3 Å². The van der Waals surface area contributed by atoms with E-state index >= 15 is 0 Å². The fourth-order valence-corrected chi connectivity index (χ4v) is 2.20. The van der Waals surface area contributed by atoms with Crippen LogP contribution in [0.4, 0.5) is 24.0 Å². The van der Waals surface area contributed by atoms with E-state index in [1.807, 2.05) is 0 Å². The van der Waals surface area contributed by atoms with Crippen molar-refractivity contribution < 1.29 is 22.8 Å². The molecule has 0 radical (unpaired) electrons. The van der Waals surface area contributed by atoms with Crippen molar-refractivity contribution in [3.63, 3.8) is 0 Å². The number of nitro groups is 1. The number of hydrazone groups is 1. The fourth-order valence-electron chi connectivity index (χ4n) is 1.56. The Morgan fingerprint density at radius 1 is 1.48 bits per heavy atom. The number of halogens is 3. The average Bonchev–Trinajstić information content (AvgIpc) is 2.82. The second-order valence-corrected chi connectivity index (χ2v) is 5.05. The summed E-state index contributed by atoms with van der Waals surface area (Å²) in [5, 5.41) is 16.9. The van der Waals surface area contributed by atoms with Gasteiger partial charge in [0.15, 0.2) is 0 Å². The van der Waals surface area contributed by atoms with Crippen LogP contribution in [0.15, 0.2) is 28.7 Å². The first-order chi connectivity index (χ1) is 10.7.